The zero-order valence-corrected chi connectivity index (χ0v) is 6.27. The van der Waals surface area contributed by atoms with Crippen LogP contribution in [0.3, 0.4) is 0 Å². The third-order valence-electron chi connectivity index (χ3n) is 1.36. The average molecular weight is 124 g/mol. The summed E-state index contributed by atoms with van der Waals surface area (Å²) in [7, 11) is 0. The van der Waals surface area contributed by atoms with Crippen molar-refractivity contribution >= 4 is 0 Å². The number of allylic oxidation sites excluding steroid dienone is 2. The highest BCUT2D eigenvalue weighted by Gasteiger charge is 1.82. The summed E-state index contributed by atoms with van der Waals surface area (Å²) in [5.41, 5.74) is 0. The van der Waals surface area contributed by atoms with Gasteiger partial charge in [0.2, 0.25) is 0 Å². The van der Waals surface area contributed by atoms with Gasteiger partial charge in [-0.05, 0) is 19.8 Å². The second kappa shape index (κ2) is 7.74. The molecular formula is C9H16. The summed E-state index contributed by atoms with van der Waals surface area (Å²) in [6, 6.07) is 0. The van der Waals surface area contributed by atoms with Gasteiger partial charge in [0, 0.05) is 0 Å². The number of hydrogen-bond acceptors (Lipinski definition) is 0. The minimum atomic E-state index is 1.15. The molecule has 0 aromatic heterocycles. The quantitative estimate of drug-likeness (QED) is 0.494. The second-order valence-electron chi connectivity index (χ2n) is 2.28. The Hall–Kier alpha value is -0.260. The molecule has 0 atom stereocenters. The highest BCUT2D eigenvalue weighted by molar-refractivity contribution is 4.83. The van der Waals surface area contributed by atoms with Crippen LogP contribution in [0, 0.1) is 6.92 Å². The lowest BCUT2D eigenvalue weighted by molar-refractivity contribution is 0.674. The molecule has 0 nitrogen and oxygen atoms in total. The van der Waals surface area contributed by atoms with Gasteiger partial charge in [0.1, 0.15) is 0 Å². The lowest BCUT2D eigenvalue weighted by Gasteiger charge is -1.92. The van der Waals surface area contributed by atoms with Crippen LogP contribution in [0.1, 0.15) is 39.0 Å². The fourth-order valence-electron chi connectivity index (χ4n) is 0.785. The van der Waals surface area contributed by atoms with E-state index in [9.17, 15) is 0 Å². The van der Waals surface area contributed by atoms with Crippen molar-refractivity contribution < 1.29 is 0 Å². The van der Waals surface area contributed by atoms with Crippen molar-refractivity contribution in [3.8, 4) is 0 Å². The van der Waals surface area contributed by atoms with Gasteiger partial charge in [0.05, 0.1) is 0 Å². The Bertz CT molecular complexity index is 62.4. The van der Waals surface area contributed by atoms with Crippen molar-refractivity contribution in [3.05, 3.63) is 19.1 Å². The highest BCUT2D eigenvalue weighted by atomic mass is 13.9. The van der Waals surface area contributed by atoms with Gasteiger partial charge in [-0.1, -0.05) is 38.3 Å². The summed E-state index contributed by atoms with van der Waals surface area (Å²) in [6.45, 7) is 7.38. The monoisotopic (exact) mass is 124 g/mol. The molecule has 0 aliphatic heterocycles. The molecule has 0 aromatic rings. The van der Waals surface area contributed by atoms with Gasteiger partial charge in [-0.3, -0.25) is 0 Å². The van der Waals surface area contributed by atoms with E-state index in [4.69, 9.17) is 6.92 Å². The van der Waals surface area contributed by atoms with E-state index in [1.807, 2.05) is 6.08 Å². The Morgan fingerprint density at radius 1 is 1.22 bits per heavy atom. The maximum atomic E-state index is 5.16. The fourth-order valence-corrected chi connectivity index (χ4v) is 0.785. The smallest absolute Gasteiger partial charge is 0.00958 e. The average Bonchev–Trinajstić information content (AvgIpc) is 1.89. The molecule has 0 aromatic carbocycles. The molecule has 0 heteroatoms. The third-order valence-corrected chi connectivity index (χ3v) is 1.36. The second-order valence-corrected chi connectivity index (χ2v) is 2.28. The Balaban J connectivity index is 2.75. The van der Waals surface area contributed by atoms with Crippen LogP contribution in [0.4, 0.5) is 0 Å². The van der Waals surface area contributed by atoms with Crippen molar-refractivity contribution in [2.45, 2.75) is 39.0 Å². The first-order valence-electron chi connectivity index (χ1n) is 3.78. The largest absolute Gasteiger partial charge is 0.0882 e. The molecule has 52 valence electrons. The Morgan fingerprint density at radius 3 is 2.56 bits per heavy atom. The van der Waals surface area contributed by atoms with Crippen LogP contribution in [0.5, 0.6) is 0 Å². The first-order valence-corrected chi connectivity index (χ1v) is 3.78. The van der Waals surface area contributed by atoms with Crippen LogP contribution in [-0.2, 0) is 0 Å². The van der Waals surface area contributed by atoms with E-state index in [1.54, 1.807) is 6.08 Å². The fraction of sp³-hybridized carbons (Fsp3) is 0.667. The summed E-state index contributed by atoms with van der Waals surface area (Å²) in [5.74, 6) is 0. The zero-order chi connectivity index (χ0) is 6.95. The van der Waals surface area contributed by atoms with Crippen LogP contribution in [0.25, 0.3) is 0 Å². The van der Waals surface area contributed by atoms with E-state index in [0.29, 0.717) is 0 Å². The van der Waals surface area contributed by atoms with Gasteiger partial charge in [0.15, 0.2) is 0 Å². The molecule has 0 spiro atoms. The summed E-state index contributed by atoms with van der Waals surface area (Å²) in [6.07, 6.45) is 10.1. The molecule has 0 heterocycles. The van der Waals surface area contributed by atoms with Crippen LogP contribution in [0.2, 0.25) is 0 Å². The topological polar surface area (TPSA) is 0 Å². The molecule has 0 bridgehead atoms. The molecule has 0 saturated carbocycles. The van der Waals surface area contributed by atoms with Crippen molar-refractivity contribution in [2.75, 3.05) is 0 Å². The summed E-state index contributed by atoms with van der Waals surface area (Å²) in [5, 5.41) is 0. The summed E-state index contributed by atoms with van der Waals surface area (Å²) < 4.78 is 0. The number of unbranched alkanes of at least 4 members (excludes halogenated alkanes) is 4. The summed E-state index contributed by atoms with van der Waals surface area (Å²) in [4.78, 5) is 0. The van der Waals surface area contributed by atoms with Crippen LogP contribution >= 0.6 is 0 Å². The Kier molecular flexibility index (Phi) is 7.52. The van der Waals surface area contributed by atoms with Gasteiger partial charge in [0.25, 0.3) is 0 Å². The predicted octanol–water partition coefficient (Wildman–Crippen LogP) is 3.22. The SMILES string of the molecule is [CH]/C=C/CCCCCC. The number of hydrogen-bond donors (Lipinski definition) is 0. The van der Waals surface area contributed by atoms with Crippen LogP contribution in [-0.4, -0.2) is 0 Å². The molecule has 0 amide bonds. The number of rotatable bonds is 5. The van der Waals surface area contributed by atoms with Crippen molar-refractivity contribution in [1.29, 1.82) is 0 Å². The van der Waals surface area contributed by atoms with Gasteiger partial charge in [-0.15, -0.1) is 0 Å². The standard InChI is InChI=1S/C9H16/c1-3-5-7-9-8-6-4-2/h1,3,5H,4,6-9H2,2H3/b5-3+. The first-order chi connectivity index (χ1) is 4.41. The first kappa shape index (κ1) is 8.74. The minimum Gasteiger partial charge on any atom is -0.0882 e. The molecule has 0 saturated heterocycles. The van der Waals surface area contributed by atoms with E-state index in [2.05, 4.69) is 6.92 Å². The molecule has 9 heavy (non-hydrogen) atoms. The third kappa shape index (κ3) is 7.74. The van der Waals surface area contributed by atoms with Crippen LogP contribution in [0.15, 0.2) is 12.2 Å². The Morgan fingerprint density at radius 2 is 2.00 bits per heavy atom. The molecular weight excluding hydrogens is 108 g/mol. The Labute approximate surface area is 59.0 Å². The van der Waals surface area contributed by atoms with E-state index in [1.165, 1.54) is 25.7 Å². The lowest BCUT2D eigenvalue weighted by atomic mass is 10.1. The maximum Gasteiger partial charge on any atom is -0.00958 e. The molecule has 0 unspecified atom stereocenters. The van der Waals surface area contributed by atoms with E-state index >= 15 is 0 Å². The molecule has 0 rings (SSSR count). The predicted molar refractivity (Wildman–Crippen MR) is 42.2 cm³/mol. The maximum absolute atomic E-state index is 5.16. The van der Waals surface area contributed by atoms with Crippen LogP contribution < -0.4 is 0 Å². The van der Waals surface area contributed by atoms with Crippen molar-refractivity contribution in [2.24, 2.45) is 0 Å². The van der Waals surface area contributed by atoms with Gasteiger partial charge in [-0.25, -0.2) is 0 Å². The summed E-state index contributed by atoms with van der Waals surface area (Å²) >= 11 is 0. The van der Waals surface area contributed by atoms with E-state index in [0.717, 1.165) is 6.42 Å². The van der Waals surface area contributed by atoms with Crippen molar-refractivity contribution in [3.63, 3.8) is 0 Å². The van der Waals surface area contributed by atoms with Crippen molar-refractivity contribution in [1.82, 2.24) is 0 Å². The highest BCUT2D eigenvalue weighted by Crippen LogP contribution is 2.02. The van der Waals surface area contributed by atoms with Gasteiger partial charge >= 0.3 is 0 Å². The van der Waals surface area contributed by atoms with Gasteiger partial charge < -0.3 is 0 Å². The normalized spacial score (nSPS) is 10.9. The molecule has 2 radical (unpaired) electrons. The lowest BCUT2D eigenvalue weighted by Crippen LogP contribution is -1.72. The molecule has 0 N–H and O–H groups in total. The molecule has 0 fully saturated rings. The zero-order valence-electron chi connectivity index (χ0n) is 6.27. The van der Waals surface area contributed by atoms with E-state index < -0.39 is 0 Å². The molecule has 0 aliphatic carbocycles. The van der Waals surface area contributed by atoms with Gasteiger partial charge in [-0.2, -0.15) is 0 Å². The minimum absolute atomic E-state index is 1.15. The van der Waals surface area contributed by atoms with E-state index in [-0.39, 0.29) is 0 Å². The molecule has 0 aliphatic rings.